The van der Waals surface area contributed by atoms with Gasteiger partial charge in [-0.2, -0.15) is 15.2 Å². The fraction of sp³-hybridized carbons (Fsp3) is 0.562. The van der Waals surface area contributed by atoms with Crippen molar-refractivity contribution in [3.05, 3.63) is 58.5 Å². The fourth-order valence-electron chi connectivity index (χ4n) is 6.23. The molecule has 1 aromatic carbocycles. The van der Waals surface area contributed by atoms with Gasteiger partial charge in [-0.1, -0.05) is 50.2 Å². The average molecular weight is 629 g/mol. The zero-order valence-corrected chi connectivity index (χ0v) is 27.1. The molecule has 2 aliphatic heterocycles. The predicted octanol–water partition coefficient (Wildman–Crippen LogP) is 5.81. The number of benzene rings is 1. The molecule has 5 unspecified atom stereocenters. The monoisotopic (exact) mass is 628 g/mol. The molecule has 8 nitrogen and oxygen atoms in total. The SMILES string of the molecule is C=C(F)C(=O)N1CCN(c2nc(OCC3CCCN3)nc3c2CCC(CCc2ccccc2Cl)C3P)CC1CC#N.CC. The van der Waals surface area contributed by atoms with Crippen LogP contribution in [-0.4, -0.2) is 65.6 Å². The first-order valence-corrected chi connectivity index (χ1v) is 16.4. The van der Waals surface area contributed by atoms with Gasteiger partial charge in [-0.15, -0.1) is 9.24 Å². The third-order valence-corrected chi connectivity index (χ3v) is 9.73. The van der Waals surface area contributed by atoms with Crippen molar-refractivity contribution in [1.29, 1.82) is 5.26 Å². The Hall–Kier alpha value is -2.79. The van der Waals surface area contributed by atoms with Gasteiger partial charge in [0.15, 0.2) is 5.83 Å². The van der Waals surface area contributed by atoms with Gasteiger partial charge in [0, 0.05) is 41.9 Å². The van der Waals surface area contributed by atoms with E-state index in [0.717, 1.165) is 72.7 Å². The van der Waals surface area contributed by atoms with Crippen LogP contribution in [0, 0.1) is 17.2 Å². The van der Waals surface area contributed by atoms with Crippen molar-refractivity contribution in [1.82, 2.24) is 20.2 Å². The van der Waals surface area contributed by atoms with E-state index in [4.69, 9.17) is 26.3 Å². The molecule has 3 heterocycles. The lowest BCUT2D eigenvalue weighted by molar-refractivity contribution is -0.131. The Kier molecular flexibility index (Phi) is 12.2. The second kappa shape index (κ2) is 15.8. The molecule has 11 heteroatoms. The molecule has 0 saturated carbocycles. The first-order chi connectivity index (χ1) is 20.9. The maximum absolute atomic E-state index is 13.7. The van der Waals surface area contributed by atoms with E-state index in [2.05, 4.69) is 38.2 Å². The van der Waals surface area contributed by atoms with Crippen molar-refractivity contribution in [2.24, 2.45) is 5.92 Å². The van der Waals surface area contributed by atoms with Crippen LogP contribution in [-0.2, 0) is 17.6 Å². The van der Waals surface area contributed by atoms with Gasteiger partial charge in [0.05, 0.1) is 24.2 Å². The van der Waals surface area contributed by atoms with Gasteiger partial charge in [-0.3, -0.25) is 4.79 Å². The van der Waals surface area contributed by atoms with E-state index in [9.17, 15) is 14.4 Å². The zero-order chi connectivity index (χ0) is 30.9. The molecule has 2 aromatic rings. The summed E-state index contributed by atoms with van der Waals surface area (Å²) in [6.45, 7) is 9.77. The molecule has 3 aliphatic rings. The number of nitrogens with one attached hydrogen (secondary N) is 1. The Morgan fingerprint density at radius 2 is 2.07 bits per heavy atom. The minimum absolute atomic E-state index is 0.0931. The average Bonchev–Trinajstić information content (AvgIpc) is 3.55. The summed E-state index contributed by atoms with van der Waals surface area (Å²) in [7, 11) is 3.01. The minimum atomic E-state index is -1.01. The van der Waals surface area contributed by atoms with Crippen molar-refractivity contribution in [3.8, 4) is 12.1 Å². The molecular formula is C32H43ClFN6O2P. The number of hydrogen-bond acceptors (Lipinski definition) is 7. The molecule has 5 atom stereocenters. The van der Waals surface area contributed by atoms with Crippen LogP contribution >= 0.6 is 20.8 Å². The van der Waals surface area contributed by atoms with Crippen molar-refractivity contribution < 1.29 is 13.9 Å². The Morgan fingerprint density at radius 3 is 2.77 bits per heavy atom. The Balaban J connectivity index is 0.00000207. The third-order valence-electron chi connectivity index (χ3n) is 8.51. The minimum Gasteiger partial charge on any atom is -0.462 e. The highest BCUT2D eigenvalue weighted by Gasteiger charge is 2.36. The number of ether oxygens (including phenoxy) is 1. The summed E-state index contributed by atoms with van der Waals surface area (Å²) in [6, 6.07) is 10.3. The first kappa shape index (κ1) is 33.1. The number of aryl methyl sites for hydroxylation is 1. The topological polar surface area (TPSA) is 94.4 Å². The summed E-state index contributed by atoms with van der Waals surface area (Å²) in [4.78, 5) is 25.8. The van der Waals surface area contributed by atoms with E-state index < -0.39 is 17.8 Å². The van der Waals surface area contributed by atoms with Gasteiger partial charge < -0.3 is 19.9 Å². The molecule has 2 saturated heterocycles. The van der Waals surface area contributed by atoms with Crippen molar-refractivity contribution in [3.63, 3.8) is 0 Å². The van der Waals surface area contributed by atoms with Gasteiger partial charge in [-0.05, 0) is 62.6 Å². The van der Waals surface area contributed by atoms with Crippen LogP contribution in [0.2, 0.25) is 5.02 Å². The van der Waals surface area contributed by atoms with Gasteiger partial charge in [0.1, 0.15) is 12.4 Å². The summed E-state index contributed by atoms with van der Waals surface area (Å²) < 4.78 is 19.9. The third kappa shape index (κ3) is 8.03. The molecule has 1 aromatic heterocycles. The van der Waals surface area contributed by atoms with Crippen LogP contribution in [0.5, 0.6) is 6.01 Å². The number of amides is 1. The number of nitriles is 1. The van der Waals surface area contributed by atoms with Gasteiger partial charge >= 0.3 is 6.01 Å². The van der Waals surface area contributed by atoms with Gasteiger partial charge in [0.2, 0.25) is 0 Å². The van der Waals surface area contributed by atoms with E-state index in [1.807, 2.05) is 32.0 Å². The molecule has 1 N–H and O–H groups in total. The molecule has 0 bridgehead atoms. The number of piperazine rings is 1. The van der Waals surface area contributed by atoms with Crippen molar-refractivity contribution >= 4 is 32.6 Å². The molecule has 0 spiro atoms. The highest BCUT2D eigenvalue weighted by molar-refractivity contribution is 7.17. The van der Waals surface area contributed by atoms with Gasteiger partial charge in [0.25, 0.3) is 5.91 Å². The summed E-state index contributed by atoms with van der Waals surface area (Å²) in [5.74, 6) is -0.581. The molecule has 1 aliphatic carbocycles. The number of rotatable bonds is 9. The van der Waals surface area contributed by atoms with Crippen LogP contribution < -0.4 is 15.0 Å². The molecule has 43 heavy (non-hydrogen) atoms. The normalized spacial score (nSPS) is 23.1. The second-order valence-corrected chi connectivity index (χ2v) is 12.2. The number of hydrogen-bond donors (Lipinski definition) is 1. The predicted molar refractivity (Wildman–Crippen MR) is 172 cm³/mol. The smallest absolute Gasteiger partial charge is 0.318 e. The van der Waals surface area contributed by atoms with Crippen LogP contribution in [0.3, 0.4) is 0 Å². The number of fused-ring (bicyclic) bond motifs is 1. The molecule has 2 fully saturated rings. The molecule has 5 rings (SSSR count). The largest absolute Gasteiger partial charge is 0.462 e. The van der Waals surface area contributed by atoms with Crippen LogP contribution in [0.15, 0.2) is 36.7 Å². The number of carbonyl (C=O) groups is 1. The molecular weight excluding hydrogens is 586 g/mol. The number of nitrogens with zero attached hydrogens (tertiary/aromatic N) is 5. The summed E-state index contributed by atoms with van der Waals surface area (Å²) in [5.41, 5.74) is 3.32. The number of anilines is 1. The number of halogens is 2. The van der Waals surface area contributed by atoms with E-state index in [0.29, 0.717) is 31.6 Å². The Labute approximate surface area is 262 Å². The summed E-state index contributed by atoms with van der Waals surface area (Å²) >= 11 is 6.43. The summed E-state index contributed by atoms with van der Waals surface area (Å²) in [5, 5.41) is 13.7. The maximum atomic E-state index is 13.7. The van der Waals surface area contributed by atoms with Crippen molar-refractivity contribution in [2.75, 3.05) is 37.7 Å². The summed E-state index contributed by atoms with van der Waals surface area (Å²) in [6.07, 6.45) is 5.95. The number of carbonyl (C=O) groups excluding carboxylic acids is 1. The highest BCUT2D eigenvalue weighted by Crippen LogP contribution is 2.45. The Morgan fingerprint density at radius 1 is 1.28 bits per heavy atom. The lowest BCUT2D eigenvalue weighted by Gasteiger charge is -2.42. The van der Waals surface area contributed by atoms with Gasteiger partial charge in [-0.25, -0.2) is 4.39 Å². The standard InChI is InChI=1S/C30H37ClFN6O2P.C2H6/c1-19(32)29(39)38-16-15-37(17-23(38)12-13-33)28-24-11-10-21(9-8-20-5-2-3-7-25(20)31)27(41)26(24)35-30(36-28)40-18-22-6-4-14-34-22;1-2/h2-3,5,7,21-23,27,34H,1,4,6,8-12,14-18,41H2;1-2H3. The van der Waals surface area contributed by atoms with Crippen LogP contribution in [0.25, 0.3) is 0 Å². The quantitative estimate of drug-likeness (QED) is 0.277. The molecule has 1 amide bonds. The fourth-order valence-corrected chi connectivity index (χ4v) is 7.12. The highest BCUT2D eigenvalue weighted by atomic mass is 35.5. The second-order valence-electron chi connectivity index (χ2n) is 11.1. The van der Waals surface area contributed by atoms with E-state index in [-0.39, 0.29) is 24.7 Å². The van der Waals surface area contributed by atoms with E-state index in [1.54, 1.807) is 0 Å². The first-order valence-electron chi connectivity index (χ1n) is 15.4. The van der Waals surface area contributed by atoms with Crippen molar-refractivity contribution in [2.45, 2.75) is 76.5 Å². The molecule has 232 valence electrons. The van der Waals surface area contributed by atoms with E-state index in [1.165, 1.54) is 4.90 Å². The Bertz CT molecular complexity index is 1320. The number of aromatic nitrogens is 2. The lowest BCUT2D eigenvalue weighted by atomic mass is 9.82. The zero-order valence-electron chi connectivity index (χ0n) is 25.2. The lowest BCUT2D eigenvalue weighted by Crippen LogP contribution is -2.55. The maximum Gasteiger partial charge on any atom is 0.318 e. The van der Waals surface area contributed by atoms with Crippen LogP contribution in [0.1, 0.15) is 68.4 Å². The van der Waals surface area contributed by atoms with E-state index >= 15 is 0 Å². The van der Waals surface area contributed by atoms with Crippen LogP contribution in [0.4, 0.5) is 10.2 Å². The molecule has 0 radical (unpaired) electrons.